The summed E-state index contributed by atoms with van der Waals surface area (Å²) in [5.41, 5.74) is 6.03. The number of phenolic OH excluding ortho intramolecular Hbond substituents is 1. The van der Waals surface area contributed by atoms with E-state index in [0.29, 0.717) is 27.3 Å². The Bertz CT molecular complexity index is 1350. The minimum absolute atomic E-state index is 0.0285. The van der Waals surface area contributed by atoms with Gasteiger partial charge in [-0.3, -0.25) is 9.36 Å². The Morgan fingerprint density at radius 3 is 2.60 bits per heavy atom. The number of rotatable bonds is 8. The molecule has 0 saturated carbocycles. The minimum atomic E-state index is -0.302. The summed E-state index contributed by atoms with van der Waals surface area (Å²) in [4.78, 5) is 12.4. The number of aryl methyl sites for hydroxylation is 1. The summed E-state index contributed by atoms with van der Waals surface area (Å²) >= 11 is 7.30. The third-order valence-corrected chi connectivity index (χ3v) is 6.15. The molecule has 0 aliphatic rings. The van der Waals surface area contributed by atoms with Crippen LogP contribution in [0.3, 0.4) is 0 Å². The number of thioether (sulfide) groups is 1. The van der Waals surface area contributed by atoms with Gasteiger partial charge in [0.25, 0.3) is 5.91 Å². The van der Waals surface area contributed by atoms with Gasteiger partial charge in [0.05, 0.1) is 19.1 Å². The SMILES string of the molecule is COc1cc(C=NNC(=O)CSc2nnc(-c3ccc(Cl)cc3)n2-c2ccc(C)cc2)ccc1O. The molecule has 8 nitrogen and oxygen atoms in total. The molecule has 0 unspecified atom stereocenters. The van der Waals surface area contributed by atoms with Crippen LogP contribution >= 0.6 is 23.4 Å². The normalized spacial score (nSPS) is 11.1. The lowest BCUT2D eigenvalue weighted by molar-refractivity contribution is -0.118. The third kappa shape index (κ3) is 6.00. The molecular weight excluding hydrogens is 486 g/mol. The summed E-state index contributed by atoms with van der Waals surface area (Å²) in [6, 6.07) is 20.1. The number of nitrogens with zero attached hydrogens (tertiary/aromatic N) is 4. The van der Waals surface area contributed by atoms with Crippen LogP contribution in [0, 0.1) is 6.92 Å². The van der Waals surface area contributed by atoms with Gasteiger partial charge < -0.3 is 9.84 Å². The Morgan fingerprint density at radius 1 is 1.14 bits per heavy atom. The standard InChI is InChI=1S/C25H22ClN5O3S/c1-16-3-10-20(11-4-16)31-24(18-6-8-19(26)9-7-18)29-30-25(31)35-15-23(33)28-27-14-17-5-12-21(32)22(13-17)34-2/h3-14,32H,15H2,1-2H3,(H,28,33). The number of hydrogen-bond acceptors (Lipinski definition) is 7. The molecule has 3 aromatic carbocycles. The number of aromatic nitrogens is 3. The highest BCUT2D eigenvalue weighted by atomic mass is 35.5. The molecule has 1 amide bonds. The molecule has 0 saturated heterocycles. The van der Waals surface area contributed by atoms with E-state index in [1.807, 2.05) is 47.9 Å². The zero-order valence-electron chi connectivity index (χ0n) is 19.0. The van der Waals surface area contributed by atoms with Crippen LogP contribution < -0.4 is 10.2 Å². The van der Waals surface area contributed by atoms with Crippen LogP contribution in [0.2, 0.25) is 5.02 Å². The molecule has 0 bridgehead atoms. The second-order valence-corrected chi connectivity index (χ2v) is 8.88. The van der Waals surface area contributed by atoms with E-state index in [-0.39, 0.29) is 17.4 Å². The first-order chi connectivity index (χ1) is 16.9. The van der Waals surface area contributed by atoms with E-state index in [1.165, 1.54) is 31.2 Å². The van der Waals surface area contributed by atoms with Crippen LogP contribution in [0.25, 0.3) is 17.1 Å². The van der Waals surface area contributed by atoms with Gasteiger partial charge in [-0.2, -0.15) is 5.10 Å². The first-order valence-electron chi connectivity index (χ1n) is 10.5. The van der Waals surface area contributed by atoms with Crippen LogP contribution in [0.15, 0.2) is 77.0 Å². The molecule has 0 aliphatic heterocycles. The lowest BCUT2D eigenvalue weighted by atomic mass is 10.2. The van der Waals surface area contributed by atoms with Crippen molar-refractivity contribution >= 4 is 35.5 Å². The highest BCUT2D eigenvalue weighted by Gasteiger charge is 2.17. The van der Waals surface area contributed by atoms with E-state index in [2.05, 4.69) is 20.7 Å². The monoisotopic (exact) mass is 507 g/mol. The maximum Gasteiger partial charge on any atom is 0.250 e. The first kappa shape index (κ1) is 24.3. The van der Waals surface area contributed by atoms with Crippen molar-refractivity contribution in [2.45, 2.75) is 12.1 Å². The number of ether oxygens (including phenoxy) is 1. The Hall–Kier alpha value is -3.82. The molecule has 178 valence electrons. The quantitative estimate of drug-likeness (QED) is 0.201. The fourth-order valence-electron chi connectivity index (χ4n) is 3.19. The van der Waals surface area contributed by atoms with Crippen LogP contribution in [0.5, 0.6) is 11.5 Å². The van der Waals surface area contributed by atoms with Gasteiger partial charge in [0.15, 0.2) is 22.5 Å². The van der Waals surface area contributed by atoms with E-state index in [1.54, 1.807) is 24.3 Å². The maximum absolute atomic E-state index is 12.4. The van der Waals surface area contributed by atoms with Gasteiger partial charge in [0.2, 0.25) is 0 Å². The van der Waals surface area contributed by atoms with Gasteiger partial charge in [-0.25, -0.2) is 5.43 Å². The van der Waals surface area contributed by atoms with Crippen molar-refractivity contribution in [1.29, 1.82) is 0 Å². The van der Waals surface area contributed by atoms with Gasteiger partial charge in [0.1, 0.15) is 0 Å². The Morgan fingerprint density at radius 2 is 1.89 bits per heavy atom. The van der Waals surface area contributed by atoms with Crippen molar-refractivity contribution in [3.63, 3.8) is 0 Å². The third-order valence-electron chi connectivity index (χ3n) is 4.97. The average Bonchev–Trinajstić information content (AvgIpc) is 3.28. The zero-order chi connectivity index (χ0) is 24.8. The predicted molar refractivity (Wildman–Crippen MR) is 138 cm³/mol. The number of hydrazone groups is 1. The summed E-state index contributed by atoms with van der Waals surface area (Å²) in [6.07, 6.45) is 1.47. The Labute approximate surface area is 211 Å². The number of amides is 1. The van der Waals surface area contributed by atoms with Crippen molar-refractivity contribution in [1.82, 2.24) is 20.2 Å². The van der Waals surface area contributed by atoms with Crippen molar-refractivity contribution in [2.24, 2.45) is 5.10 Å². The van der Waals surface area contributed by atoms with Crippen molar-refractivity contribution in [3.8, 4) is 28.6 Å². The number of benzene rings is 3. The molecule has 1 aromatic heterocycles. The molecule has 10 heteroatoms. The fraction of sp³-hybridized carbons (Fsp3) is 0.120. The minimum Gasteiger partial charge on any atom is -0.504 e. The summed E-state index contributed by atoms with van der Waals surface area (Å²) < 4.78 is 6.98. The van der Waals surface area contributed by atoms with E-state index in [0.717, 1.165) is 16.8 Å². The molecule has 1 heterocycles. The molecule has 0 spiro atoms. The molecule has 4 rings (SSSR count). The topological polar surface area (TPSA) is 102 Å². The van der Waals surface area contributed by atoms with Crippen molar-refractivity contribution in [2.75, 3.05) is 12.9 Å². The lowest BCUT2D eigenvalue weighted by Crippen LogP contribution is -2.20. The van der Waals surface area contributed by atoms with E-state index in [4.69, 9.17) is 16.3 Å². The fourth-order valence-corrected chi connectivity index (χ4v) is 4.06. The smallest absolute Gasteiger partial charge is 0.250 e. The van der Waals surface area contributed by atoms with Crippen LogP contribution in [0.1, 0.15) is 11.1 Å². The number of phenols is 1. The number of halogens is 1. The Balaban J connectivity index is 1.49. The van der Waals surface area contributed by atoms with Crippen LogP contribution in [-0.2, 0) is 4.79 Å². The largest absolute Gasteiger partial charge is 0.504 e. The molecule has 2 N–H and O–H groups in total. The second-order valence-electron chi connectivity index (χ2n) is 7.50. The number of carbonyl (C=O) groups is 1. The van der Waals surface area contributed by atoms with E-state index < -0.39 is 0 Å². The van der Waals surface area contributed by atoms with E-state index in [9.17, 15) is 9.90 Å². The number of nitrogens with one attached hydrogen (secondary N) is 1. The van der Waals surface area contributed by atoms with Crippen LogP contribution in [0.4, 0.5) is 0 Å². The average molecular weight is 508 g/mol. The molecule has 35 heavy (non-hydrogen) atoms. The lowest BCUT2D eigenvalue weighted by Gasteiger charge is -2.10. The molecule has 0 fully saturated rings. The summed E-state index contributed by atoms with van der Waals surface area (Å²) in [7, 11) is 1.46. The Kier molecular flexibility index (Phi) is 7.69. The van der Waals surface area contributed by atoms with Gasteiger partial charge in [0, 0.05) is 16.3 Å². The zero-order valence-corrected chi connectivity index (χ0v) is 20.5. The molecular formula is C25H22ClN5O3S. The van der Waals surface area contributed by atoms with Gasteiger partial charge in [-0.1, -0.05) is 41.1 Å². The number of hydrogen-bond donors (Lipinski definition) is 2. The van der Waals surface area contributed by atoms with Gasteiger partial charge in [-0.15, -0.1) is 10.2 Å². The van der Waals surface area contributed by atoms with E-state index >= 15 is 0 Å². The number of aromatic hydroxyl groups is 1. The highest BCUT2D eigenvalue weighted by molar-refractivity contribution is 7.99. The summed E-state index contributed by atoms with van der Waals surface area (Å²) in [6.45, 7) is 2.02. The highest BCUT2D eigenvalue weighted by Crippen LogP contribution is 2.29. The van der Waals surface area contributed by atoms with Gasteiger partial charge >= 0.3 is 0 Å². The number of methoxy groups -OCH3 is 1. The predicted octanol–water partition coefficient (Wildman–Crippen LogP) is 4.85. The summed E-state index contributed by atoms with van der Waals surface area (Å²) in [5.74, 6) is 0.778. The molecule has 0 aliphatic carbocycles. The van der Waals surface area contributed by atoms with Gasteiger partial charge in [-0.05, 0) is 67.1 Å². The van der Waals surface area contributed by atoms with Crippen LogP contribution in [-0.4, -0.2) is 44.9 Å². The molecule has 4 aromatic rings. The maximum atomic E-state index is 12.4. The molecule has 0 atom stereocenters. The second kappa shape index (κ2) is 11.1. The van der Waals surface area contributed by atoms with Crippen molar-refractivity contribution < 1.29 is 14.6 Å². The van der Waals surface area contributed by atoms with Crippen molar-refractivity contribution in [3.05, 3.63) is 82.9 Å². The first-order valence-corrected chi connectivity index (χ1v) is 11.9. The summed E-state index contributed by atoms with van der Waals surface area (Å²) in [5, 5.41) is 23.6. The number of carbonyl (C=O) groups excluding carboxylic acids is 1. The molecule has 0 radical (unpaired) electrons.